The molecule has 0 fully saturated rings. The Labute approximate surface area is 162 Å². The van der Waals surface area contributed by atoms with Gasteiger partial charge in [0, 0.05) is 11.6 Å². The highest BCUT2D eigenvalue weighted by Gasteiger charge is 2.13. The summed E-state index contributed by atoms with van der Waals surface area (Å²) in [5.41, 5.74) is 6.79. The molecule has 0 saturated carbocycles. The summed E-state index contributed by atoms with van der Waals surface area (Å²) in [5.74, 6) is 0. The zero-order valence-electron chi connectivity index (χ0n) is 14.6. The van der Waals surface area contributed by atoms with E-state index >= 15 is 0 Å². The van der Waals surface area contributed by atoms with Gasteiger partial charge in [-0.15, -0.1) is 11.3 Å². The predicted octanol–water partition coefficient (Wildman–Crippen LogP) is 7.10. The van der Waals surface area contributed by atoms with Gasteiger partial charge in [0.05, 0.1) is 10.2 Å². The molecule has 1 nitrogen and oxygen atoms in total. The first-order valence-corrected chi connectivity index (χ1v) is 9.73. The van der Waals surface area contributed by atoms with Crippen LogP contribution in [0.25, 0.3) is 43.0 Å². The molecule has 1 aromatic heterocycles. The molecule has 0 bridgehead atoms. The van der Waals surface area contributed by atoms with Crippen LogP contribution >= 0.6 is 11.3 Å². The highest BCUT2D eigenvalue weighted by molar-refractivity contribution is 7.21. The third kappa shape index (κ3) is 3.05. The molecular formula is C25H16NS. The Kier molecular flexibility index (Phi) is 4.04. The lowest BCUT2D eigenvalue weighted by atomic mass is 9.94. The first-order valence-electron chi connectivity index (χ1n) is 8.91. The van der Waals surface area contributed by atoms with Gasteiger partial charge in [-0.3, -0.25) is 0 Å². The van der Waals surface area contributed by atoms with E-state index in [2.05, 4.69) is 84.9 Å². The highest BCUT2D eigenvalue weighted by Crippen LogP contribution is 2.38. The molecule has 127 valence electrons. The molecule has 5 rings (SSSR count). The maximum Gasteiger partial charge on any atom is 0.124 e. The fraction of sp³-hybridized carbons (Fsp3) is 0. The Hall–Kier alpha value is -3.23. The molecule has 0 unspecified atom stereocenters. The van der Waals surface area contributed by atoms with Crippen LogP contribution in [0.2, 0.25) is 0 Å². The molecule has 2 heteroatoms. The lowest BCUT2D eigenvalue weighted by Gasteiger charge is -2.10. The van der Waals surface area contributed by atoms with Gasteiger partial charge in [-0.25, -0.2) is 4.98 Å². The normalized spacial score (nSPS) is 11.0. The fourth-order valence-electron chi connectivity index (χ4n) is 3.29. The van der Waals surface area contributed by atoms with E-state index in [1.165, 1.54) is 16.7 Å². The van der Waals surface area contributed by atoms with E-state index in [0.29, 0.717) is 0 Å². The van der Waals surface area contributed by atoms with Crippen LogP contribution in [-0.2, 0) is 0 Å². The highest BCUT2D eigenvalue weighted by atomic mass is 32.1. The molecule has 0 N–H and O–H groups in total. The Morgan fingerprint density at radius 2 is 1.19 bits per heavy atom. The van der Waals surface area contributed by atoms with Gasteiger partial charge in [-0.2, -0.15) is 0 Å². The minimum absolute atomic E-state index is 0.998. The molecule has 1 heterocycles. The molecule has 0 aliphatic heterocycles. The van der Waals surface area contributed by atoms with Gasteiger partial charge in [0.25, 0.3) is 0 Å². The average Bonchev–Trinajstić information content (AvgIpc) is 3.18. The zero-order valence-corrected chi connectivity index (χ0v) is 15.4. The first kappa shape index (κ1) is 16.0. The van der Waals surface area contributed by atoms with Crippen molar-refractivity contribution in [2.75, 3.05) is 0 Å². The third-order valence-corrected chi connectivity index (χ3v) is 5.65. The first-order chi connectivity index (χ1) is 13.4. The van der Waals surface area contributed by atoms with E-state index in [0.717, 1.165) is 26.4 Å². The minimum Gasteiger partial charge on any atom is -0.236 e. The van der Waals surface area contributed by atoms with Crippen LogP contribution in [-0.4, -0.2) is 4.98 Å². The molecule has 4 aromatic carbocycles. The smallest absolute Gasteiger partial charge is 0.124 e. The van der Waals surface area contributed by atoms with Crippen molar-refractivity contribution >= 4 is 21.6 Å². The van der Waals surface area contributed by atoms with Gasteiger partial charge in [0.15, 0.2) is 0 Å². The van der Waals surface area contributed by atoms with Crippen molar-refractivity contribution in [3.8, 4) is 32.8 Å². The second-order valence-corrected chi connectivity index (χ2v) is 7.39. The summed E-state index contributed by atoms with van der Waals surface area (Å²) in [4.78, 5) is 4.89. The second kappa shape index (κ2) is 6.82. The van der Waals surface area contributed by atoms with Crippen molar-refractivity contribution < 1.29 is 0 Å². The summed E-state index contributed by atoms with van der Waals surface area (Å²) in [5, 5.41) is 1.03. The molecule has 1 radical (unpaired) electrons. The quantitative estimate of drug-likeness (QED) is 0.334. The number of nitrogens with zero attached hydrogens (tertiary/aromatic N) is 1. The number of rotatable bonds is 3. The Bertz CT molecular complexity index is 1120. The van der Waals surface area contributed by atoms with E-state index in [4.69, 9.17) is 4.98 Å². The number of hydrogen-bond donors (Lipinski definition) is 0. The van der Waals surface area contributed by atoms with Gasteiger partial charge in [-0.05, 0) is 28.3 Å². The number of benzene rings is 4. The predicted molar refractivity (Wildman–Crippen MR) is 115 cm³/mol. The Morgan fingerprint density at radius 3 is 1.81 bits per heavy atom. The largest absolute Gasteiger partial charge is 0.236 e. The van der Waals surface area contributed by atoms with E-state index in [-0.39, 0.29) is 0 Å². The van der Waals surface area contributed by atoms with Crippen LogP contribution in [0.15, 0.2) is 97.1 Å². The van der Waals surface area contributed by atoms with E-state index in [1.54, 1.807) is 11.3 Å². The van der Waals surface area contributed by atoms with Crippen LogP contribution in [0.4, 0.5) is 0 Å². The maximum atomic E-state index is 4.89. The van der Waals surface area contributed by atoms with Crippen LogP contribution < -0.4 is 0 Å². The molecule has 0 spiro atoms. The zero-order chi connectivity index (χ0) is 18.1. The van der Waals surface area contributed by atoms with Crippen LogP contribution in [0.3, 0.4) is 0 Å². The summed E-state index contributed by atoms with van der Waals surface area (Å²) >= 11 is 1.70. The van der Waals surface area contributed by atoms with Crippen molar-refractivity contribution in [2.24, 2.45) is 0 Å². The molecular weight excluding hydrogens is 346 g/mol. The molecule has 0 aliphatic carbocycles. The number of hydrogen-bond acceptors (Lipinski definition) is 2. The average molecular weight is 362 g/mol. The third-order valence-electron chi connectivity index (χ3n) is 4.61. The van der Waals surface area contributed by atoms with Gasteiger partial charge in [0.2, 0.25) is 0 Å². The van der Waals surface area contributed by atoms with E-state index in [1.807, 2.05) is 18.2 Å². The number of fused-ring (bicyclic) bond motifs is 1. The van der Waals surface area contributed by atoms with Gasteiger partial charge in [0.1, 0.15) is 5.01 Å². The standard InChI is InChI=1S/C25H16NS/c1-4-10-18(11-5-1)21-16-23-24(17-22(21)19-12-6-2-7-13-19)27-25(26-23)20-14-8-3-9-15-20/h1-16H. The fourth-order valence-corrected chi connectivity index (χ4v) is 4.24. The summed E-state index contributed by atoms with van der Waals surface area (Å²) in [6.07, 6.45) is 0. The van der Waals surface area contributed by atoms with E-state index in [9.17, 15) is 0 Å². The lowest BCUT2D eigenvalue weighted by Crippen LogP contribution is -1.86. The summed E-state index contributed by atoms with van der Waals surface area (Å²) in [6.45, 7) is 0. The van der Waals surface area contributed by atoms with Gasteiger partial charge >= 0.3 is 0 Å². The number of aromatic nitrogens is 1. The van der Waals surface area contributed by atoms with Crippen LogP contribution in [0, 0.1) is 6.07 Å². The monoisotopic (exact) mass is 362 g/mol. The summed E-state index contributed by atoms with van der Waals surface area (Å²) < 4.78 is 1.09. The van der Waals surface area contributed by atoms with Crippen molar-refractivity contribution in [3.63, 3.8) is 0 Å². The van der Waals surface area contributed by atoms with E-state index < -0.39 is 0 Å². The second-order valence-electron chi connectivity index (χ2n) is 6.39. The van der Waals surface area contributed by atoms with Crippen molar-refractivity contribution in [3.05, 3.63) is 103 Å². The van der Waals surface area contributed by atoms with Crippen molar-refractivity contribution in [1.29, 1.82) is 0 Å². The summed E-state index contributed by atoms with van der Waals surface area (Å²) in [7, 11) is 0. The minimum atomic E-state index is 0.998. The van der Waals surface area contributed by atoms with Crippen molar-refractivity contribution in [1.82, 2.24) is 4.98 Å². The van der Waals surface area contributed by atoms with Crippen LogP contribution in [0.1, 0.15) is 0 Å². The molecule has 0 aliphatic rings. The SMILES string of the molecule is [c]1c(-c2ccccc2)c(-c2ccccc2)cc2nc(-c3ccccc3)sc12. The topological polar surface area (TPSA) is 12.9 Å². The molecule has 0 saturated heterocycles. The summed E-state index contributed by atoms with van der Waals surface area (Å²) in [6, 6.07) is 37.2. The Balaban J connectivity index is 1.76. The van der Waals surface area contributed by atoms with Gasteiger partial charge < -0.3 is 0 Å². The van der Waals surface area contributed by atoms with Crippen molar-refractivity contribution in [2.45, 2.75) is 0 Å². The molecule has 5 aromatic rings. The van der Waals surface area contributed by atoms with Gasteiger partial charge in [-0.1, -0.05) is 91.0 Å². The lowest BCUT2D eigenvalue weighted by molar-refractivity contribution is 1.47. The molecule has 0 amide bonds. The van der Waals surface area contributed by atoms with Crippen LogP contribution in [0.5, 0.6) is 0 Å². The number of thiazole rings is 1. The molecule has 0 atom stereocenters. The maximum absolute atomic E-state index is 4.89. The Morgan fingerprint density at radius 1 is 0.630 bits per heavy atom. The molecule has 27 heavy (non-hydrogen) atoms.